The number of benzene rings is 3. The van der Waals surface area contributed by atoms with E-state index in [-0.39, 0.29) is 0 Å². The number of carbonyl (C=O) groups is 1. The van der Waals surface area contributed by atoms with E-state index < -0.39 is 38.4 Å². The second-order valence-electron chi connectivity index (χ2n) is 6.52. The van der Waals surface area contributed by atoms with E-state index in [1.54, 1.807) is 22.9 Å². The molecule has 1 heterocycles. The monoisotopic (exact) mass is 434 g/mol. The molecule has 3 aromatic rings. The largest absolute Gasteiger partial charge is 0.442 e. The molecule has 0 unspecified atom stereocenters. The number of urea groups is 1. The van der Waals surface area contributed by atoms with Crippen LogP contribution in [-0.4, -0.2) is 20.6 Å². The molecule has 1 aliphatic rings. The van der Waals surface area contributed by atoms with Crippen LogP contribution >= 0.6 is 0 Å². The summed E-state index contributed by atoms with van der Waals surface area (Å²) in [7, 11) is -4.44. The molecular formula is C19H13F3N4O3S. The molecule has 0 aliphatic carbocycles. The van der Waals surface area contributed by atoms with Crippen LogP contribution in [0.15, 0.2) is 81.9 Å². The van der Waals surface area contributed by atoms with E-state index in [2.05, 4.69) is 15.5 Å². The van der Waals surface area contributed by atoms with Crippen molar-refractivity contribution in [1.29, 1.82) is 0 Å². The first-order valence-corrected chi connectivity index (χ1v) is 10.0. The van der Waals surface area contributed by atoms with Gasteiger partial charge in [-0.05, 0) is 35.0 Å². The highest BCUT2D eigenvalue weighted by molar-refractivity contribution is 7.90. The number of hydrogen-bond acceptors (Lipinski definition) is 5. The third kappa shape index (κ3) is 3.59. The van der Waals surface area contributed by atoms with Crippen molar-refractivity contribution in [3.8, 4) is 0 Å². The molecule has 7 nitrogen and oxygen atoms in total. The van der Waals surface area contributed by atoms with Gasteiger partial charge in [0.1, 0.15) is 0 Å². The molecular weight excluding hydrogens is 421 g/mol. The first-order valence-electron chi connectivity index (χ1n) is 8.55. The normalized spacial score (nSPS) is 15.0. The maximum atomic E-state index is 13.2. The lowest BCUT2D eigenvalue weighted by Crippen LogP contribution is -2.35. The van der Waals surface area contributed by atoms with E-state index in [9.17, 15) is 26.4 Å². The number of rotatable bonds is 4. The summed E-state index contributed by atoms with van der Waals surface area (Å²) in [5.41, 5.74) is -2.86. The van der Waals surface area contributed by atoms with E-state index in [1.165, 1.54) is 0 Å². The summed E-state index contributed by atoms with van der Waals surface area (Å²) in [6.07, 6.45) is -4.80. The summed E-state index contributed by atoms with van der Waals surface area (Å²) in [4.78, 5) is 11.7. The number of amides is 2. The maximum Gasteiger partial charge on any atom is 0.442 e. The Labute approximate surface area is 168 Å². The van der Waals surface area contributed by atoms with E-state index in [0.29, 0.717) is 5.69 Å². The Hall–Kier alpha value is -3.47. The topological polar surface area (TPSA) is 100.0 Å². The molecule has 1 aliphatic heterocycles. The highest BCUT2D eigenvalue weighted by Crippen LogP contribution is 2.52. The van der Waals surface area contributed by atoms with Crippen molar-refractivity contribution in [2.45, 2.75) is 16.7 Å². The minimum Gasteiger partial charge on any atom is -0.307 e. The Morgan fingerprint density at radius 1 is 0.900 bits per heavy atom. The summed E-state index contributed by atoms with van der Waals surface area (Å²) < 4.78 is 66.2. The Balaban J connectivity index is 1.52. The van der Waals surface area contributed by atoms with E-state index in [4.69, 9.17) is 0 Å². The van der Waals surface area contributed by atoms with Gasteiger partial charge in [-0.1, -0.05) is 42.5 Å². The first-order chi connectivity index (χ1) is 14.1. The van der Waals surface area contributed by atoms with Gasteiger partial charge in [0.05, 0.1) is 4.90 Å². The molecule has 0 fully saturated rings. The van der Waals surface area contributed by atoms with Crippen LogP contribution in [0.25, 0.3) is 10.8 Å². The van der Waals surface area contributed by atoms with Gasteiger partial charge in [0.15, 0.2) is 0 Å². The van der Waals surface area contributed by atoms with Gasteiger partial charge in [0.2, 0.25) is 0 Å². The molecule has 4 rings (SSSR count). The average molecular weight is 434 g/mol. The number of sulfonamides is 1. The van der Waals surface area contributed by atoms with Crippen LogP contribution in [0.2, 0.25) is 0 Å². The average Bonchev–Trinajstić information content (AvgIpc) is 3.50. The van der Waals surface area contributed by atoms with Crippen LogP contribution in [0.3, 0.4) is 0 Å². The van der Waals surface area contributed by atoms with Crippen LogP contribution in [-0.2, 0) is 15.7 Å². The van der Waals surface area contributed by atoms with Crippen molar-refractivity contribution in [1.82, 2.24) is 4.72 Å². The summed E-state index contributed by atoms with van der Waals surface area (Å²) in [6, 6.07) is 15.4. The second-order valence-corrected chi connectivity index (χ2v) is 8.20. The molecule has 0 radical (unpaired) electrons. The van der Waals surface area contributed by atoms with Crippen molar-refractivity contribution in [3.05, 3.63) is 72.3 Å². The molecule has 0 atom stereocenters. The van der Waals surface area contributed by atoms with Crippen molar-refractivity contribution in [2.24, 2.45) is 10.2 Å². The minimum atomic E-state index is -4.80. The van der Waals surface area contributed by atoms with Gasteiger partial charge < -0.3 is 5.32 Å². The van der Waals surface area contributed by atoms with Crippen LogP contribution < -0.4 is 10.0 Å². The van der Waals surface area contributed by atoms with Crippen molar-refractivity contribution in [3.63, 3.8) is 0 Å². The van der Waals surface area contributed by atoms with Gasteiger partial charge in [-0.25, -0.2) is 17.9 Å². The molecule has 0 spiro atoms. The Morgan fingerprint density at radius 3 is 2.27 bits per heavy atom. The fourth-order valence-corrected chi connectivity index (χ4v) is 3.88. The maximum absolute atomic E-state index is 13.2. The Kier molecular flexibility index (Phi) is 4.49. The second kappa shape index (κ2) is 6.80. The number of halogens is 3. The number of carbonyl (C=O) groups excluding carboxylic acids is 1. The van der Waals surface area contributed by atoms with Crippen LogP contribution in [0.5, 0.6) is 0 Å². The van der Waals surface area contributed by atoms with E-state index in [1.807, 2.05) is 24.3 Å². The van der Waals surface area contributed by atoms with Crippen molar-refractivity contribution >= 4 is 32.5 Å². The fraction of sp³-hybridized carbons (Fsp3) is 0.105. The number of alkyl halides is 3. The zero-order chi connectivity index (χ0) is 21.6. The molecule has 30 heavy (non-hydrogen) atoms. The zero-order valence-corrected chi connectivity index (χ0v) is 15.8. The Morgan fingerprint density at radius 2 is 1.60 bits per heavy atom. The SMILES string of the molecule is O=C(Nc1ccc2ccccc2c1)NS(=O)(=O)c1cccc(C2(C(F)(F)F)N=N2)c1. The van der Waals surface area contributed by atoms with E-state index in [0.717, 1.165) is 35.0 Å². The number of nitrogens with one attached hydrogen (secondary N) is 2. The third-order valence-corrected chi connectivity index (χ3v) is 5.81. The van der Waals surface area contributed by atoms with Crippen molar-refractivity contribution in [2.75, 3.05) is 5.32 Å². The summed E-state index contributed by atoms with van der Waals surface area (Å²) in [5, 5.41) is 10.3. The van der Waals surface area contributed by atoms with Crippen LogP contribution in [0.4, 0.5) is 23.7 Å². The first kappa shape index (κ1) is 19.8. The van der Waals surface area contributed by atoms with Gasteiger partial charge in [0.25, 0.3) is 10.0 Å². The Bertz CT molecular complexity index is 1280. The lowest BCUT2D eigenvalue weighted by Gasteiger charge is -2.16. The van der Waals surface area contributed by atoms with Gasteiger partial charge >= 0.3 is 17.9 Å². The quantitative estimate of drug-likeness (QED) is 0.631. The van der Waals surface area contributed by atoms with Gasteiger partial charge in [0, 0.05) is 11.3 Å². The molecule has 3 aromatic carbocycles. The van der Waals surface area contributed by atoms with Crippen LogP contribution in [0.1, 0.15) is 5.56 Å². The fourth-order valence-electron chi connectivity index (χ4n) is 2.93. The standard InChI is InChI=1S/C19H13F3N4O3S/c20-19(21,22)18(25-26-18)14-6-3-7-16(11-14)30(28,29)24-17(27)23-15-9-8-12-4-1-2-5-13(12)10-15/h1-11H,(H2,23,24,27). The lowest BCUT2D eigenvalue weighted by molar-refractivity contribution is -0.166. The number of nitrogens with zero attached hydrogens (tertiary/aromatic N) is 2. The number of fused-ring (bicyclic) bond motifs is 1. The predicted octanol–water partition coefficient (Wildman–Crippen LogP) is 4.53. The predicted molar refractivity (Wildman–Crippen MR) is 102 cm³/mol. The number of anilines is 1. The highest BCUT2D eigenvalue weighted by Gasteiger charge is 2.65. The molecule has 154 valence electrons. The number of hydrogen-bond donors (Lipinski definition) is 2. The molecule has 2 amide bonds. The highest BCUT2D eigenvalue weighted by atomic mass is 32.2. The van der Waals surface area contributed by atoms with Gasteiger partial charge in [-0.15, -0.1) is 10.2 Å². The van der Waals surface area contributed by atoms with Gasteiger partial charge in [-0.2, -0.15) is 13.2 Å². The molecule has 2 N–H and O–H groups in total. The minimum absolute atomic E-state index is 0.349. The molecule has 0 saturated heterocycles. The zero-order valence-electron chi connectivity index (χ0n) is 15.0. The molecule has 11 heteroatoms. The van der Waals surface area contributed by atoms with Gasteiger partial charge in [-0.3, -0.25) is 0 Å². The van der Waals surface area contributed by atoms with Crippen molar-refractivity contribution < 1.29 is 26.4 Å². The third-order valence-electron chi connectivity index (χ3n) is 4.48. The summed E-state index contributed by atoms with van der Waals surface area (Å²) >= 11 is 0. The van der Waals surface area contributed by atoms with Crippen LogP contribution in [0, 0.1) is 0 Å². The van der Waals surface area contributed by atoms with E-state index >= 15 is 0 Å². The molecule has 0 aromatic heterocycles. The molecule has 0 saturated carbocycles. The summed E-state index contributed by atoms with van der Waals surface area (Å²) in [5.74, 6) is 0. The smallest absolute Gasteiger partial charge is 0.307 e. The molecule has 0 bridgehead atoms. The lowest BCUT2D eigenvalue weighted by atomic mass is 10.0. The summed E-state index contributed by atoms with van der Waals surface area (Å²) in [6.45, 7) is 0.